The van der Waals surface area contributed by atoms with Crippen molar-refractivity contribution < 1.29 is 4.74 Å². The molecule has 1 aliphatic rings. The van der Waals surface area contributed by atoms with Crippen molar-refractivity contribution in [3.63, 3.8) is 0 Å². The lowest BCUT2D eigenvalue weighted by atomic mass is 9.89. The fraction of sp³-hybridized carbons (Fsp3) is 0.667. The van der Waals surface area contributed by atoms with E-state index in [1.54, 1.807) is 0 Å². The summed E-state index contributed by atoms with van der Waals surface area (Å²) in [5.41, 5.74) is 1.37. The minimum Gasteiger partial charge on any atom is -0.373 e. The molecule has 1 saturated heterocycles. The first-order valence-electron chi connectivity index (χ1n) is 8.14. The number of hydrogen-bond acceptors (Lipinski definition) is 3. The Morgan fingerprint density at radius 2 is 1.67 bits per heavy atom. The van der Waals surface area contributed by atoms with Crippen LogP contribution in [0.1, 0.15) is 39.3 Å². The fourth-order valence-electron chi connectivity index (χ4n) is 3.67. The van der Waals surface area contributed by atoms with Crippen LogP contribution in [0.15, 0.2) is 30.3 Å². The van der Waals surface area contributed by atoms with E-state index in [9.17, 15) is 0 Å². The third-order valence-electron chi connectivity index (χ3n) is 4.36. The summed E-state index contributed by atoms with van der Waals surface area (Å²) in [4.78, 5) is 2.61. The van der Waals surface area contributed by atoms with Crippen LogP contribution in [0.25, 0.3) is 0 Å². The maximum atomic E-state index is 5.90. The van der Waals surface area contributed by atoms with Gasteiger partial charge in [-0.1, -0.05) is 44.2 Å². The third kappa shape index (κ3) is 4.06. The highest BCUT2D eigenvalue weighted by atomic mass is 16.5. The summed E-state index contributed by atoms with van der Waals surface area (Å²) in [5.74, 6) is 0.583. The minimum absolute atomic E-state index is 0.309. The van der Waals surface area contributed by atoms with Gasteiger partial charge in [0.25, 0.3) is 0 Å². The molecule has 0 spiro atoms. The number of morpholine rings is 1. The van der Waals surface area contributed by atoms with Crippen molar-refractivity contribution in [2.24, 2.45) is 5.92 Å². The Morgan fingerprint density at radius 3 is 2.14 bits per heavy atom. The van der Waals surface area contributed by atoms with E-state index in [2.05, 4.69) is 75.3 Å². The minimum atomic E-state index is 0.309. The van der Waals surface area contributed by atoms with Crippen molar-refractivity contribution in [2.75, 3.05) is 20.1 Å². The van der Waals surface area contributed by atoms with Crippen molar-refractivity contribution in [1.82, 2.24) is 10.2 Å². The predicted molar refractivity (Wildman–Crippen MR) is 88.5 cm³/mol. The van der Waals surface area contributed by atoms with Crippen LogP contribution in [0.4, 0.5) is 0 Å². The van der Waals surface area contributed by atoms with Gasteiger partial charge < -0.3 is 10.1 Å². The fourth-order valence-corrected chi connectivity index (χ4v) is 3.67. The molecular weight excluding hydrogens is 260 g/mol. The third-order valence-corrected chi connectivity index (χ3v) is 4.36. The molecule has 2 rings (SSSR count). The number of nitrogens with one attached hydrogen (secondary N) is 1. The standard InChI is InChI=1S/C18H30N2O/c1-13(2)18(20-11-14(3)21-15(4)12-20)17(19-5)16-9-7-6-8-10-16/h6-10,13-15,17-19H,11-12H2,1-5H3/t14-,15+,17?,18?. The molecule has 0 saturated carbocycles. The van der Waals surface area contributed by atoms with Crippen molar-refractivity contribution in [3.8, 4) is 0 Å². The Morgan fingerprint density at radius 1 is 1.10 bits per heavy atom. The Balaban J connectivity index is 2.24. The average Bonchev–Trinajstić information content (AvgIpc) is 2.43. The normalized spacial score (nSPS) is 26.8. The van der Waals surface area contributed by atoms with Crippen LogP contribution in [-0.4, -0.2) is 43.3 Å². The molecule has 21 heavy (non-hydrogen) atoms. The van der Waals surface area contributed by atoms with Gasteiger partial charge in [-0.3, -0.25) is 4.90 Å². The number of benzene rings is 1. The van der Waals surface area contributed by atoms with E-state index >= 15 is 0 Å². The first kappa shape index (κ1) is 16.5. The van der Waals surface area contributed by atoms with E-state index in [-0.39, 0.29) is 0 Å². The Bertz CT molecular complexity index is 410. The SMILES string of the molecule is CNC(c1ccccc1)C(C(C)C)N1C[C@@H](C)O[C@@H](C)C1. The Hall–Kier alpha value is -0.900. The van der Waals surface area contributed by atoms with Gasteiger partial charge in [-0.05, 0) is 32.4 Å². The molecule has 0 aromatic heterocycles. The van der Waals surface area contributed by atoms with E-state index in [4.69, 9.17) is 4.74 Å². The highest BCUT2D eigenvalue weighted by Crippen LogP contribution is 2.28. The van der Waals surface area contributed by atoms with E-state index in [0.29, 0.717) is 30.2 Å². The average molecular weight is 290 g/mol. The summed E-state index contributed by atoms with van der Waals surface area (Å²) >= 11 is 0. The number of nitrogens with zero attached hydrogens (tertiary/aromatic N) is 1. The molecule has 0 radical (unpaired) electrons. The van der Waals surface area contributed by atoms with Crippen LogP contribution in [0, 0.1) is 5.92 Å². The lowest BCUT2D eigenvalue weighted by Crippen LogP contribution is -2.55. The molecule has 1 heterocycles. The first-order valence-corrected chi connectivity index (χ1v) is 8.14. The van der Waals surface area contributed by atoms with E-state index < -0.39 is 0 Å². The van der Waals surface area contributed by atoms with Crippen molar-refractivity contribution in [2.45, 2.75) is 52.0 Å². The van der Waals surface area contributed by atoms with Gasteiger partial charge in [-0.15, -0.1) is 0 Å². The lowest BCUT2D eigenvalue weighted by Gasteiger charge is -2.45. The van der Waals surface area contributed by atoms with Gasteiger partial charge in [0.2, 0.25) is 0 Å². The quantitative estimate of drug-likeness (QED) is 0.902. The Kier molecular flexibility index (Phi) is 5.80. The maximum absolute atomic E-state index is 5.90. The number of likely N-dealkylation sites (N-methyl/N-ethyl adjacent to an activating group) is 1. The lowest BCUT2D eigenvalue weighted by molar-refractivity contribution is -0.0901. The molecule has 4 atom stereocenters. The highest BCUT2D eigenvalue weighted by molar-refractivity contribution is 5.21. The highest BCUT2D eigenvalue weighted by Gasteiger charge is 2.34. The van der Waals surface area contributed by atoms with Crippen molar-refractivity contribution in [1.29, 1.82) is 0 Å². The number of ether oxygens (including phenoxy) is 1. The molecule has 2 unspecified atom stereocenters. The zero-order chi connectivity index (χ0) is 15.4. The summed E-state index contributed by atoms with van der Waals surface area (Å²) in [6.45, 7) is 11.0. The van der Waals surface area contributed by atoms with Gasteiger partial charge in [0, 0.05) is 25.2 Å². The molecule has 0 amide bonds. The van der Waals surface area contributed by atoms with Crippen LogP contribution in [-0.2, 0) is 4.74 Å². The maximum Gasteiger partial charge on any atom is 0.0678 e. The second kappa shape index (κ2) is 7.39. The van der Waals surface area contributed by atoms with Gasteiger partial charge in [0.05, 0.1) is 12.2 Å². The molecule has 0 aliphatic carbocycles. The largest absolute Gasteiger partial charge is 0.373 e. The summed E-state index contributed by atoms with van der Waals surface area (Å²) in [6, 6.07) is 11.6. The second-order valence-electron chi connectivity index (χ2n) is 6.62. The molecule has 1 aliphatic heterocycles. The molecule has 3 heteroatoms. The molecule has 1 fully saturated rings. The van der Waals surface area contributed by atoms with Gasteiger partial charge in [0.1, 0.15) is 0 Å². The summed E-state index contributed by atoms with van der Waals surface area (Å²) in [7, 11) is 2.07. The smallest absolute Gasteiger partial charge is 0.0678 e. The van der Waals surface area contributed by atoms with Gasteiger partial charge in [-0.25, -0.2) is 0 Å². The monoisotopic (exact) mass is 290 g/mol. The van der Waals surface area contributed by atoms with Gasteiger partial charge in [-0.2, -0.15) is 0 Å². The second-order valence-corrected chi connectivity index (χ2v) is 6.62. The topological polar surface area (TPSA) is 24.5 Å². The zero-order valence-electron chi connectivity index (χ0n) is 14.0. The van der Waals surface area contributed by atoms with Crippen LogP contribution in [0.3, 0.4) is 0 Å². The molecule has 1 N–H and O–H groups in total. The van der Waals surface area contributed by atoms with Crippen LogP contribution < -0.4 is 5.32 Å². The molecule has 1 aromatic rings. The van der Waals surface area contributed by atoms with Crippen molar-refractivity contribution >= 4 is 0 Å². The van der Waals surface area contributed by atoms with Crippen LogP contribution in [0.2, 0.25) is 0 Å². The predicted octanol–water partition coefficient (Wildman–Crippen LogP) is 3.08. The first-order chi connectivity index (χ1) is 10.0. The summed E-state index contributed by atoms with van der Waals surface area (Å²) in [6.07, 6.45) is 0.617. The zero-order valence-corrected chi connectivity index (χ0v) is 14.0. The van der Waals surface area contributed by atoms with Gasteiger partial charge in [0.15, 0.2) is 0 Å². The molecular formula is C18H30N2O. The summed E-state index contributed by atoms with van der Waals surface area (Å²) in [5, 5.41) is 3.54. The number of hydrogen-bond donors (Lipinski definition) is 1. The molecule has 0 bridgehead atoms. The van der Waals surface area contributed by atoms with Crippen molar-refractivity contribution in [3.05, 3.63) is 35.9 Å². The molecule has 3 nitrogen and oxygen atoms in total. The van der Waals surface area contributed by atoms with E-state index in [1.807, 2.05) is 0 Å². The molecule has 1 aromatic carbocycles. The van der Waals surface area contributed by atoms with Crippen LogP contribution in [0.5, 0.6) is 0 Å². The number of rotatable bonds is 5. The van der Waals surface area contributed by atoms with Gasteiger partial charge >= 0.3 is 0 Å². The van der Waals surface area contributed by atoms with E-state index in [1.165, 1.54) is 5.56 Å². The summed E-state index contributed by atoms with van der Waals surface area (Å²) < 4.78 is 5.90. The van der Waals surface area contributed by atoms with E-state index in [0.717, 1.165) is 13.1 Å². The van der Waals surface area contributed by atoms with Crippen LogP contribution >= 0.6 is 0 Å². The Labute approximate surface area is 129 Å². The molecule has 118 valence electrons.